The van der Waals surface area contributed by atoms with Gasteiger partial charge in [-0.1, -0.05) is 67.9 Å². The highest BCUT2D eigenvalue weighted by Crippen LogP contribution is 2.41. The fourth-order valence-electron chi connectivity index (χ4n) is 7.97. The maximum Gasteiger partial charge on any atom is 0.314 e. The summed E-state index contributed by atoms with van der Waals surface area (Å²) >= 11 is 5.01. The molecule has 7 rings (SSSR count). The summed E-state index contributed by atoms with van der Waals surface area (Å²) in [6, 6.07) is 27.3. The molecule has 2 fully saturated rings. The van der Waals surface area contributed by atoms with Crippen LogP contribution in [0.15, 0.2) is 88.4 Å². The van der Waals surface area contributed by atoms with Gasteiger partial charge in [-0.2, -0.15) is 4.98 Å². The van der Waals surface area contributed by atoms with Crippen molar-refractivity contribution in [2.75, 3.05) is 19.6 Å². The van der Waals surface area contributed by atoms with Gasteiger partial charge in [-0.25, -0.2) is 10.1 Å². The number of benzene rings is 3. The third-order valence-corrected chi connectivity index (χ3v) is 10.5. The van der Waals surface area contributed by atoms with E-state index in [9.17, 15) is 4.79 Å². The molecule has 1 saturated heterocycles. The van der Waals surface area contributed by atoms with Gasteiger partial charge in [-0.05, 0) is 87.0 Å². The summed E-state index contributed by atoms with van der Waals surface area (Å²) in [4.78, 5) is 30.3. The Bertz CT molecular complexity index is 1950. The molecule has 1 N–H and O–H groups in total. The second-order valence-corrected chi connectivity index (χ2v) is 13.5. The number of para-hydroxylation sites is 2. The number of imidazole rings is 1. The molecule has 2 atom stereocenters. The van der Waals surface area contributed by atoms with Crippen LogP contribution in [0.5, 0.6) is 0 Å². The summed E-state index contributed by atoms with van der Waals surface area (Å²) in [7, 11) is 0. The van der Waals surface area contributed by atoms with E-state index in [2.05, 4.69) is 83.2 Å². The predicted octanol–water partition coefficient (Wildman–Crippen LogP) is 8.51. The van der Waals surface area contributed by atoms with E-state index in [1.54, 1.807) is 0 Å². The maximum atomic E-state index is 13.7. The van der Waals surface area contributed by atoms with Crippen molar-refractivity contribution in [3.8, 4) is 11.4 Å². The van der Waals surface area contributed by atoms with Crippen molar-refractivity contribution < 1.29 is 9.32 Å². The van der Waals surface area contributed by atoms with E-state index in [1.165, 1.54) is 23.2 Å². The minimum atomic E-state index is -0.0190. The van der Waals surface area contributed by atoms with Crippen LogP contribution in [0, 0.1) is 17.7 Å². The van der Waals surface area contributed by atoms with E-state index >= 15 is 0 Å². The second-order valence-electron chi connectivity index (χ2n) is 13.2. The molecule has 242 valence electrons. The number of nitrogens with one attached hydrogen (secondary N) is 1. The van der Waals surface area contributed by atoms with Gasteiger partial charge in [0.05, 0.1) is 11.0 Å². The van der Waals surface area contributed by atoms with Crippen molar-refractivity contribution in [3.63, 3.8) is 0 Å². The third-order valence-electron chi connectivity index (χ3n) is 10.4. The number of carbonyl (C=O) groups excluding carboxylic acids is 1. The Morgan fingerprint density at radius 1 is 1.04 bits per heavy atom. The molecule has 0 spiro atoms. The predicted molar refractivity (Wildman–Crippen MR) is 188 cm³/mol. The minimum Gasteiger partial charge on any atom is -0.348 e. The normalized spacial score (nSPS) is 20.3. The second kappa shape index (κ2) is 13.4. The van der Waals surface area contributed by atoms with E-state index in [-0.39, 0.29) is 16.2 Å². The first kappa shape index (κ1) is 31.2. The molecule has 3 heterocycles. The molecule has 0 bridgehead atoms. The number of H-pyrrole nitrogens is 1. The van der Waals surface area contributed by atoms with E-state index in [0.717, 1.165) is 62.0 Å². The first-order chi connectivity index (χ1) is 22.9. The zero-order chi connectivity index (χ0) is 32.4. The molecule has 5 aromatic rings. The topological polar surface area (TPSA) is 92.3 Å². The number of carbonyl (C=O) groups is 1. The smallest absolute Gasteiger partial charge is 0.314 e. The van der Waals surface area contributed by atoms with Crippen molar-refractivity contribution in [2.45, 2.75) is 70.3 Å². The number of piperidine rings is 1. The Kier molecular flexibility index (Phi) is 8.90. The van der Waals surface area contributed by atoms with Gasteiger partial charge in [-0.3, -0.25) is 9.79 Å². The number of aliphatic imine (C=N–C) groups is 1. The average Bonchev–Trinajstić information content (AvgIpc) is 3.81. The third kappa shape index (κ3) is 6.33. The van der Waals surface area contributed by atoms with Crippen LogP contribution >= 0.6 is 12.2 Å². The number of aromatic amines is 1. The molecule has 1 aliphatic heterocycles. The van der Waals surface area contributed by atoms with Gasteiger partial charge >= 0.3 is 4.84 Å². The molecule has 1 unspecified atom stereocenters. The largest absolute Gasteiger partial charge is 0.348 e. The lowest BCUT2D eigenvalue weighted by Crippen LogP contribution is -2.45. The van der Waals surface area contributed by atoms with Crippen LogP contribution in [0.4, 0.5) is 0 Å². The molecule has 1 aliphatic carbocycles. The van der Waals surface area contributed by atoms with Crippen molar-refractivity contribution >= 4 is 34.9 Å². The first-order valence-corrected chi connectivity index (χ1v) is 17.3. The van der Waals surface area contributed by atoms with Gasteiger partial charge in [0.15, 0.2) is 5.82 Å². The fraction of sp³-hybridized carbons (Fsp3) is 0.395. The van der Waals surface area contributed by atoms with E-state index in [4.69, 9.17) is 26.7 Å². The lowest BCUT2D eigenvalue weighted by molar-refractivity contribution is 0.0660. The standard InChI is InChI=1S/C38H42N6O2S/c1-3-10-27-24-31(44-26(2)40-32-15-7-8-16-34(32)44)25-33(27)39-20-17-38(30-13-5-4-6-14-30)18-21-43(22-19-38)36(45)29-12-9-11-28(23-29)35-41-37(47)46-42-35/h4-9,11-16,23,27,31H,3,10,17-22,24-25H2,1-2H3,(H,41,42,47)/t27?,31-/m1/s1. The summed E-state index contributed by atoms with van der Waals surface area (Å²) in [6.07, 6.45) is 7.24. The maximum absolute atomic E-state index is 13.7. The summed E-state index contributed by atoms with van der Waals surface area (Å²) in [5.41, 5.74) is 6.42. The fourth-order valence-corrected chi connectivity index (χ4v) is 8.10. The molecule has 2 aromatic heterocycles. The van der Waals surface area contributed by atoms with Crippen molar-refractivity contribution in [2.24, 2.45) is 10.9 Å². The molecular weight excluding hydrogens is 605 g/mol. The quantitative estimate of drug-likeness (QED) is 0.162. The number of nitrogens with zero attached hydrogens (tertiary/aromatic N) is 5. The van der Waals surface area contributed by atoms with Gasteiger partial charge < -0.3 is 14.0 Å². The SMILES string of the molecule is CCCC1C[C@@H](n2c(C)nc3ccccc32)CC1=NCCC1(c2ccccc2)CCN(C(=O)c2cccc(-c3nc(=S)o[nH]3)c2)CC1. The van der Waals surface area contributed by atoms with Crippen LogP contribution in [0.2, 0.25) is 0 Å². The highest BCUT2D eigenvalue weighted by Gasteiger charge is 2.38. The van der Waals surface area contributed by atoms with Gasteiger partial charge in [-0.15, -0.1) is 0 Å². The van der Waals surface area contributed by atoms with E-state index in [0.29, 0.717) is 36.4 Å². The van der Waals surface area contributed by atoms with Gasteiger partial charge in [0.2, 0.25) is 0 Å². The van der Waals surface area contributed by atoms with Gasteiger partial charge in [0, 0.05) is 54.4 Å². The molecule has 47 heavy (non-hydrogen) atoms. The Morgan fingerprint density at radius 3 is 2.60 bits per heavy atom. The summed E-state index contributed by atoms with van der Waals surface area (Å²) in [5, 5.41) is 2.73. The highest BCUT2D eigenvalue weighted by molar-refractivity contribution is 7.71. The van der Waals surface area contributed by atoms with Crippen LogP contribution < -0.4 is 0 Å². The molecule has 3 aromatic carbocycles. The van der Waals surface area contributed by atoms with Crippen molar-refractivity contribution in [3.05, 3.63) is 101 Å². The zero-order valence-corrected chi connectivity index (χ0v) is 28.0. The molecule has 1 amide bonds. The number of aromatic nitrogens is 4. The number of rotatable bonds is 9. The Balaban J connectivity index is 1.07. The van der Waals surface area contributed by atoms with Gasteiger partial charge in [0.25, 0.3) is 5.91 Å². The average molecular weight is 647 g/mol. The Hall–Kier alpha value is -4.37. The monoisotopic (exact) mass is 646 g/mol. The number of amides is 1. The number of hydrogen-bond donors (Lipinski definition) is 1. The lowest BCUT2D eigenvalue weighted by Gasteiger charge is -2.42. The van der Waals surface area contributed by atoms with Crippen LogP contribution in [0.3, 0.4) is 0 Å². The molecule has 0 radical (unpaired) electrons. The first-order valence-electron chi connectivity index (χ1n) is 16.9. The summed E-state index contributed by atoms with van der Waals surface area (Å²) in [6.45, 7) is 6.62. The zero-order valence-electron chi connectivity index (χ0n) is 27.2. The Morgan fingerprint density at radius 2 is 1.83 bits per heavy atom. The molecule has 8 nitrogen and oxygen atoms in total. The van der Waals surface area contributed by atoms with E-state index in [1.807, 2.05) is 29.2 Å². The van der Waals surface area contributed by atoms with Crippen molar-refractivity contribution in [1.82, 2.24) is 24.6 Å². The summed E-state index contributed by atoms with van der Waals surface area (Å²) in [5.74, 6) is 2.17. The van der Waals surface area contributed by atoms with Crippen LogP contribution in [0.1, 0.15) is 79.7 Å². The number of aryl methyl sites for hydroxylation is 1. The van der Waals surface area contributed by atoms with Crippen molar-refractivity contribution in [1.29, 1.82) is 0 Å². The van der Waals surface area contributed by atoms with E-state index < -0.39 is 0 Å². The number of hydrogen-bond acceptors (Lipinski definition) is 6. The molecule has 2 aliphatic rings. The number of fused-ring (bicyclic) bond motifs is 1. The number of likely N-dealkylation sites (tertiary alicyclic amines) is 1. The van der Waals surface area contributed by atoms with Crippen LogP contribution in [-0.4, -0.2) is 55.8 Å². The molecular formula is C38H42N6O2S. The minimum absolute atomic E-state index is 0.0190. The molecule has 1 saturated carbocycles. The summed E-state index contributed by atoms with van der Waals surface area (Å²) < 4.78 is 7.55. The lowest BCUT2D eigenvalue weighted by atomic mass is 9.70. The molecule has 9 heteroatoms. The van der Waals surface area contributed by atoms with Crippen LogP contribution in [0.25, 0.3) is 22.4 Å². The highest BCUT2D eigenvalue weighted by atomic mass is 32.1. The van der Waals surface area contributed by atoms with Gasteiger partial charge in [0.1, 0.15) is 5.82 Å². The van der Waals surface area contributed by atoms with Crippen LogP contribution in [-0.2, 0) is 5.41 Å². The Labute approximate surface area is 280 Å².